The van der Waals surface area contributed by atoms with Gasteiger partial charge in [0, 0.05) is 27.3 Å². The Morgan fingerprint density at radius 1 is 0.952 bits per heavy atom. The van der Waals surface area contributed by atoms with Crippen LogP contribution in [0.3, 0.4) is 0 Å². The van der Waals surface area contributed by atoms with Gasteiger partial charge in [-0.3, -0.25) is 14.4 Å². The van der Waals surface area contributed by atoms with Crippen molar-refractivity contribution in [2.75, 3.05) is 6.54 Å². The van der Waals surface area contributed by atoms with Crippen molar-refractivity contribution in [2.24, 2.45) is 5.18 Å². The molecule has 2 N–H and O–H groups in total. The van der Waals surface area contributed by atoms with Crippen molar-refractivity contribution in [3.63, 3.8) is 0 Å². The van der Waals surface area contributed by atoms with Crippen molar-refractivity contribution in [1.29, 1.82) is 0 Å². The molecule has 2 aliphatic rings. The second-order valence-corrected chi connectivity index (χ2v) is 11.7. The molecule has 10 heteroatoms. The molecule has 1 heterocycles. The predicted molar refractivity (Wildman–Crippen MR) is 160 cm³/mol. The van der Waals surface area contributed by atoms with Crippen LogP contribution in [0.15, 0.2) is 71.9 Å². The highest BCUT2D eigenvalue weighted by molar-refractivity contribution is 6.35. The van der Waals surface area contributed by atoms with E-state index < -0.39 is 30.0 Å². The summed E-state index contributed by atoms with van der Waals surface area (Å²) in [4.78, 5) is 51.5. The number of hydrogen-bond acceptors (Lipinski definition) is 5. The topological polar surface area (TPSA) is 116 Å². The van der Waals surface area contributed by atoms with Gasteiger partial charge in [0.05, 0.1) is 30.5 Å². The van der Waals surface area contributed by atoms with E-state index in [1.165, 1.54) is 0 Å². The van der Waals surface area contributed by atoms with Gasteiger partial charge in [0.2, 0.25) is 5.91 Å². The lowest BCUT2D eigenvalue weighted by Gasteiger charge is -2.48. The van der Waals surface area contributed by atoms with Crippen molar-refractivity contribution in [3.05, 3.63) is 109 Å². The second-order valence-electron chi connectivity index (χ2n) is 10.8. The lowest BCUT2D eigenvalue weighted by molar-refractivity contribution is -0.125. The van der Waals surface area contributed by atoms with Crippen LogP contribution in [-0.4, -0.2) is 46.4 Å². The summed E-state index contributed by atoms with van der Waals surface area (Å²) >= 11 is 12.9. The molecule has 0 bridgehead atoms. The first-order valence-corrected chi connectivity index (χ1v) is 14.8. The van der Waals surface area contributed by atoms with Gasteiger partial charge in [-0.05, 0) is 59.7 Å². The van der Waals surface area contributed by atoms with Crippen LogP contribution in [0.2, 0.25) is 10.0 Å². The van der Waals surface area contributed by atoms with Gasteiger partial charge >= 0.3 is 0 Å². The Kier molecular flexibility index (Phi) is 9.36. The second kappa shape index (κ2) is 13.2. The van der Waals surface area contributed by atoms with Crippen LogP contribution in [0.5, 0.6) is 0 Å². The molecule has 0 unspecified atom stereocenters. The average molecular weight is 609 g/mol. The van der Waals surface area contributed by atoms with E-state index >= 15 is 0 Å². The van der Waals surface area contributed by atoms with Gasteiger partial charge in [-0.25, -0.2) is 0 Å². The van der Waals surface area contributed by atoms with E-state index in [2.05, 4.69) is 10.5 Å². The van der Waals surface area contributed by atoms with Crippen molar-refractivity contribution >= 4 is 40.9 Å². The molecule has 1 aliphatic heterocycles. The molecule has 0 saturated heterocycles. The minimum Gasteiger partial charge on any atom is -0.391 e. The number of aliphatic hydroxyl groups excluding tert-OH is 1. The largest absolute Gasteiger partial charge is 0.391 e. The summed E-state index contributed by atoms with van der Waals surface area (Å²) in [5.41, 5.74) is 3.26. The number of carbonyl (C=O) groups is 3. The monoisotopic (exact) mass is 607 g/mol. The van der Waals surface area contributed by atoms with E-state index in [0.717, 1.165) is 18.4 Å². The Bertz CT molecular complexity index is 1500. The van der Waals surface area contributed by atoms with E-state index in [9.17, 15) is 24.4 Å². The highest BCUT2D eigenvalue weighted by Crippen LogP contribution is 2.47. The van der Waals surface area contributed by atoms with Gasteiger partial charge in [-0.2, -0.15) is 0 Å². The summed E-state index contributed by atoms with van der Waals surface area (Å²) < 4.78 is 0. The summed E-state index contributed by atoms with van der Waals surface area (Å²) in [5.74, 6) is -2.01. The minimum absolute atomic E-state index is 0.0544. The molecule has 3 aromatic rings. The highest BCUT2D eigenvalue weighted by atomic mass is 35.5. The quantitative estimate of drug-likeness (QED) is 0.315. The van der Waals surface area contributed by atoms with E-state index in [-0.39, 0.29) is 18.2 Å². The lowest BCUT2D eigenvalue weighted by atomic mass is 9.76. The molecule has 3 aromatic carbocycles. The number of hydrogen-bond donors (Lipinski definition) is 2. The molecule has 218 valence electrons. The third kappa shape index (κ3) is 6.26. The van der Waals surface area contributed by atoms with Gasteiger partial charge in [0.1, 0.15) is 0 Å². The summed E-state index contributed by atoms with van der Waals surface area (Å²) in [6.45, 7) is 0.326. The number of halogens is 2. The maximum atomic E-state index is 14.1. The van der Waals surface area contributed by atoms with E-state index in [0.29, 0.717) is 58.1 Å². The van der Waals surface area contributed by atoms with Crippen molar-refractivity contribution in [1.82, 2.24) is 10.2 Å². The molecule has 1 fully saturated rings. The number of nitrogens with zero attached hydrogens (tertiary/aromatic N) is 2. The molecule has 1 aliphatic carbocycles. The number of aliphatic hydroxyl groups is 1. The summed E-state index contributed by atoms with van der Waals surface area (Å²) in [7, 11) is 0. The fraction of sp³-hybridized carbons (Fsp3) is 0.344. The molecule has 5 rings (SSSR count). The zero-order chi connectivity index (χ0) is 29.8. The van der Waals surface area contributed by atoms with Crippen LogP contribution >= 0.6 is 23.2 Å². The molecular weight excluding hydrogens is 577 g/mol. The lowest BCUT2D eigenvalue weighted by Crippen LogP contribution is -2.55. The zero-order valence-corrected chi connectivity index (χ0v) is 24.4. The predicted octanol–water partition coefficient (Wildman–Crippen LogP) is 5.77. The molecule has 3 amide bonds. The number of fused-ring (bicyclic) bond motifs is 1. The first-order valence-electron chi connectivity index (χ1n) is 14.0. The number of benzene rings is 3. The van der Waals surface area contributed by atoms with Crippen LogP contribution in [0.25, 0.3) is 0 Å². The molecule has 42 heavy (non-hydrogen) atoms. The molecule has 8 nitrogen and oxygen atoms in total. The van der Waals surface area contributed by atoms with Crippen LogP contribution in [0.4, 0.5) is 0 Å². The average Bonchev–Trinajstić information content (AvgIpc) is 2.98. The van der Waals surface area contributed by atoms with Gasteiger partial charge in [-0.15, -0.1) is 4.91 Å². The normalized spacial score (nSPS) is 21.9. The Balaban J connectivity index is 1.46. The fourth-order valence-electron chi connectivity index (χ4n) is 6.16. The first-order chi connectivity index (χ1) is 20.3. The van der Waals surface area contributed by atoms with Crippen LogP contribution in [0.1, 0.15) is 70.3 Å². The Hall–Kier alpha value is -3.59. The number of rotatable bonds is 8. The van der Waals surface area contributed by atoms with Crippen LogP contribution in [0, 0.1) is 4.91 Å². The third-order valence-electron chi connectivity index (χ3n) is 8.18. The first kappa shape index (κ1) is 29.9. The van der Waals surface area contributed by atoms with Gasteiger partial charge < -0.3 is 15.3 Å². The van der Waals surface area contributed by atoms with Gasteiger partial charge in [-0.1, -0.05) is 84.6 Å². The van der Waals surface area contributed by atoms with E-state index in [1.807, 2.05) is 18.2 Å². The summed E-state index contributed by atoms with van der Waals surface area (Å²) in [6, 6.07) is 18.2. The van der Waals surface area contributed by atoms with Crippen molar-refractivity contribution in [2.45, 2.75) is 62.6 Å². The van der Waals surface area contributed by atoms with Gasteiger partial charge in [0.25, 0.3) is 11.8 Å². The number of nitroso groups, excluding NO2 is 1. The number of carbonyl (C=O) groups excluding carboxylic acids is 3. The summed E-state index contributed by atoms with van der Waals surface area (Å²) in [6.07, 6.45) is 2.69. The molecule has 4 atom stereocenters. The molecule has 0 aromatic heterocycles. The summed E-state index contributed by atoms with van der Waals surface area (Å²) in [5, 5.41) is 17.3. The van der Waals surface area contributed by atoms with E-state index in [4.69, 9.17) is 23.2 Å². The molecule has 0 radical (unpaired) electrons. The Morgan fingerprint density at radius 2 is 1.67 bits per heavy atom. The van der Waals surface area contributed by atoms with Crippen molar-refractivity contribution < 1.29 is 19.5 Å². The number of nitrogens with one attached hydrogen (secondary N) is 1. The minimum atomic E-state index is -0.782. The molecule has 0 spiro atoms. The zero-order valence-electron chi connectivity index (χ0n) is 22.8. The molecule has 1 saturated carbocycles. The maximum absolute atomic E-state index is 14.1. The smallest absolute Gasteiger partial charge is 0.290 e. The number of amides is 3. The SMILES string of the molecule is O=NC(=O)Cc1ccc(CCNC(=O)[C@@H]2c3ccccc3C(=O)N([C@H]3CCCC[C@@H]3O)[C@H]2c2ccc(Cl)cc2Cl)cc1. The van der Waals surface area contributed by atoms with Gasteiger partial charge in [0.15, 0.2) is 0 Å². The Labute approximate surface area is 254 Å². The Morgan fingerprint density at radius 3 is 2.38 bits per heavy atom. The van der Waals surface area contributed by atoms with E-state index in [1.54, 1.807) is 53.4 Å². The maximum Gasteiger partial charge on any atom is 0.290 e. The standard InChI is InChI=1S/C32H31Cl2N3O5/c33-21-13-14-24(25(34)18-21)30-29(31(40)35-16-15-19-9-11-20(12-10-19)17-28(39)36-42)22-5-1-2-6-23(22)32(41)37(30)26-7-3-4-8-27(26)38/h1-2,5-6,9-14,18,26-27,29-30,38H,3-4,7-8,15-17H2,(H,35,40)/t26-,27-,29+,30-/m0/s1. The third-order valence-corrected chi connectivity index (χ3v) is 8.75. The van der Waals surface area contributed by atoms with Crippen LogP contribution in [-0.2, 0) is 22.4 Å². The molecular formula is C32H31Cl2N3O5. The highest BCUT2D eigenvalue weighted by Gasteiger charge is 2.48. The van der Waals surface area contributed by atoms with Crippen molar-refractivity contribution in [3.8, 4) is 0 Å². The van der Waals surface area contributed by atoms with Crippen LogP contribution < -0.4 is 5.32 Å². The fourth-order valence-corrected chi connectivity index (χ4v) is 6.68.